The van der Waals surface area contributed by atoms with Gasteiger partial charge < -0.3 is 9.88 Å². The van der Waals surface area contributed by atoms with Crippen LogP contribution in [0.2, 0.25) is 0 Å². The van der Waals surface area contributed by atoms with E-state index in [1.54, 1.807) is 18.3 Å². The summed E-state index contributed by atoms with van der Waals surface area (Å²) in [6.07, 6.45) is 3.62. The summed E-state index contributed by atoms with van der Waals surface area (Å²) in [4.78, 5) is 16.2. The van der Waals surface area contributed by atoms with Gasteiger partial charge in [-0.3, -0.25) is 4.79 Å². The fourth-order valence-corrected chi connectivity index (χ4v) is 2.76. The number of aromatic nitrogens is 2. The average molecular weight is 307 g/mol. The van der Waals surface area contributed by atoms with Crippen molar-refractivity contribution in [2.75, 3.05) is 5.75 Å². The topological polar surface area (TPSA) is 46.9 Å². The number of hydrogen-bond acceptors (Lipinski definition) is 3. The van der Waals surface area contributed by atoms with Crippen molar-refractivity contribution in [2.45, 2.75) is 31.6 Å². The maximum absolute atomic E-state index is 12.9. The Hall–Kier alpha value is -1.82. The molecule has 21 heavy (non-hydrogen) atoms. The van der Waals surface area contributed by atoms with Crippen molar-refractivity contribution < 1.29 is 9.18 Å². The molecule has 0 radical (unpaired) electrons. The summed E-state index contributed by atoms with van der Waals surface area (Å²) in [6.45, 7) is 4.74. The molecule has 1 heterocycles. The minimum atomic E-state index is -0.278. The zero-order valence-electron chi connectivity index (χ0n) is 12.0. The molecule has 112 valence electrons. The number of imidazole rings is 1. The monoisotopic (exact) mass is 307 g/mol. The van der Waals surface area contributed by atoms with Crippen molar-refractivity contribution in [3.05, 3.63) is 48.0 Å². The lowest BCUT2D eigenvalue weighted by Gasteiger charge is -2.14. The molecular weight excluding hydrogens is 289 g/mol. The summed E-state index contributed by atoms with van der Waals surface area (Å²) < 4.78 is 14.8. The third kappa shape index (κ3) is 4.32. The minimum Gasteiger partial charge on any atom is -0.349 e. The van der Waals surface area contributed by atoms with E-state index in [9.17, 15) is 9.18 Å². The van der Waals surface area contributed by atoms with Crippen LogP contribution in [0.25, 0.3) is 0 Å². The molecule has 1 atom stereocenters. The van der Waals surface area contributed by atoms with E-state index in [0.29, 0.717) is 5.75 Å². The van der Waals surface area contributed by atoms with Crippen LogP contribution in [0.4, 0.5) is 4.39 Å². The number of hydrogen-bond donors (Lipinski definition) is 1. The van der Waals surface area contributed by atoms with E-state index < -0.39 is 0 Å². The van der Waals surface area contributed by atoms with E-state index in [0.717, 1.165) is 17.3 Å². The summed E-state index contributed by atoms with van der Waals surface area (Å²) in [5, 5.41) is 3.73. The Morgan fingerprint density at radius 1 is 1.43 bits per heavy atom. The second kappa shape index (κ2) is 7.26. The van der Waals surface area contributed by atoms with Crippen molar-refractivity contribution in [2.24, 2.45) is 0 Å². The Morgan fingerprint density at radius 3 is 2.81 bits per heavy atom. The zero-order chi connectivity index (χ0) is 15.2. The van der Waals surface area contributed by atoms with Crippen molar-refractivity contribution in [3.8, 4) is 0 Å². The lowest BCUT2D eigenvalue weighted by Crippen LogP contribution is -2.28. The molecule has 1 N–H and O–H groups in total. The van der Waals surface area contributed by atoms with Crippen LogP contribution in [0.5, 0.6) is 0 Å². The molecule has 0 aliphatic carbocycles. The fraction of sp³-hybridized carbons (Fsp3) is 0.333. The lowest BCUT2D eigenvalue weighted by atomic mass is 10.1. The van der Waals surface area contributed by atoms with Crippen LogP contribution in [0.15, 0.2) is 41.8 Å². The van der Waals surface area contributed by atoms with Gasteiger partial charge in [0, 0.05) is 18.9 Å². The molecule has 0 aliphatic rings. The molecular formula is C15H18FN3OS. The van der Waals surface area contributed by atoms with Gasteiger partial charge in [0.25, 0.3) is 0 Å². The van der Waals surface area contributed by atoms with Crippen LogP contribution >= 0.6 is 11.8 Å². The van der Waals surface area contributed by atoms with Gasteiger partial charge in [0.1, 0.15) is 5.82 Å². The lowest BCUT2D eigenvalue weighted by molar-refractivity contribution is -0.119. The van der Waals surface area contributed by atoms with Gasteiger partial charge in [0.15, 0.2) is 5.16 Å². The largest absolute Gasteiger partial charge is 0.349 e. The third-order valence-electron chi connectivity index (χ3n) is 3.10. The molecule has 0 bridgehead atoms. The summed E-state index contributed by atoms with van der Waals surface area (Å²) in [5.74, 6) is -0.0376. The van der Waals surface area contributed by atoms with E-state index in [-0.39, 0.29) is 17.8 Å². The number of carbonyl (C=O) groups excluding carboxylic acids is 1. The Balaban J connectivity index is 1.85. The van der Waals surface area contributed by atoms with Gasteiger partial charge in [-0.05, 0) is 31.5 Å². The molecule has 0 saturated heterocycles. The van der Waals surface area contributed by atoms with Crippen molar-refractivity contribution in [1.29, 1.82) is 0 Å². The highest BCUT2D eigenvalue weighted by molar-refractivity contribution is 7.99. The number of aryl methyl sites for hydroxylation is 1. The van der Waals surface area contributed by atoms with Crippen molar-refractivity contribution in [3.63, 3.8) is 0 Å². The Labute approximate surface area is 127 Å². The molecule has 1 aromatic heterocycles. The fourth-order valence-electron chi connectivity index (χ4n) is 1.92. The highest BCUT2D eigenvalue weighted by Crippen LogP contribution is 2.17. The standard InChI is InChI=1S/C15H18FN3OS/c1-3-19-9-8-17-15(19)21-10-14(20)18-11(2)12-4-6-13(16)7-5-12/h4-9,11H,3,10H2,1-2H3,(H,18,20)/t11-/m0/s1. The molecule has 1 aromatic carbocycles. The van der Waals surface area contributed by atoms with E-state index in [1.807, 2.05) is 24.6 Å². The molecule has 0 fully saturated rings. The number of rotatable bonds is 6. The van der Waals surface area contributed by atoms with E-state index in [1.165, 1.54) is 23.9 Å². The zero-order valence-corrected chi connectivity index (χ0v) is 12.9. The highest BCUT2D eigenvalue weighted by atomic mass is 32.2. The molecule has 4 nitrogen and oxygen atoms in total. The molecule has 0 unspecified atom stereocenters. The van der Waals surface area contributed by atoms with Gasteiger partial charge in [0.2, 0.25) is 5.91 Å². The molecule has 0 spiro atoms. The quantitative estimate of drug-likeness (QED) is 0.835. The molecule has 0 saturated carbocycles. The normalized spacial score (nSPS) is 12.1. The number of benzene rings is 1. The first-order valence-electron chi connectivity index (χ1n) is 6.79. The Morgan fingerprint density at radius 2 is 2.14 bits per heavy atom. The first kappa shape index (κ1) is 15.6. The van der Waals surface area contributed by atoms with Crippen LogP contribution in [-0.4, -0.2) is 21.2 Å². The van der Waals surface area contributed by atoms with E-state index >= 15 is 0 Å². The van der Waals surface area contributed by atoms with Crippen LogP contribution in [0.3, 0.4) is 0 Å². The summed E-state index contributed by atoms with van der Waals surface area (Å²) in [5.41, 5.74) is 0.879. The van der Waals surface area contributed by atoms with Crippen LogP contribution in [-0.2, 0) is 11.3 Å². The van der Waals surface area contributed by atoms with Gasteiger partial charge in [-0.1, -0.05) is 23.9 Å². The first-order valence-corrected chi connectivity index (χ1v) is 7.77. The Bertz CT molecular complexity index is 597. The van der Waals surface area contributed by atoms with Crippen molar-refractivity contribution in [1.82, 2.24) is 14.9 Å². The smallest absolute Gasteiger partial charge is 0.230 e. The predicted molar refractivity (Wildman–Crippen MR) is 81.6 cm³/mol. The van der Waals surface area contributed by atoms with Gasteiger partial charge in [0.05, 0.1) is 11.8 Å². The Kier molecular flexibility index (Phi) is 5.38. The minimum absolute atomic E-state index is 0.0671. The number of nitrogens with one attached hydrogen (secondary N) is 1. The van der Waals surface area contributed by atoms with E-state index in [4.69, 9.17) is 0 Å². The van der Waals surface area contributed by atoms with Crippen molar-refractivity contribution >= 4 is 17.7 Å². The molecule has 6 heteroatoms. The number of amides is 1. The van der Waals surface area contributed by atoms with Crippen LogP contribution in [0.1, 0.15) is 25.5 Å². The highest BCUT2D eigenvalue weighted by Gasteiger charge is 2.11. The maximum Gasteiger partial charge on any atom is 0.230 e. The second-order valence-corrected chi connectivity index (χ2v) is 5.57. The third-order valence-corrected chi connectivity index (χ3v) is 4.10. The first-order chi connectivity index (χ1) is 10.1. The van der Waals surface area contributed by atoms with Gasteiger partial charge in [-0.2, -0.15) is 0 Å². The number of halogens is 1. The van der Waals surface area contributed by atoms with Crippen LogP contribution < -0.4 is 5.32 Å². The number of thioether (sulfide) groups is 1. The van der Waals surface area contributed by atoms with Crippen LogP contribution in [0, 0.1) is 5.82 Å². The number of carbonyl (C=O) groups is 1. The molecule has 0 aliphatic heterocycles. The maximum atomic E-state index is 12.9. The predicted octanol–water partition coefficient (Wildman–Crippen LogP) is 3.01. The SMILES string of the molecule is CCn1ccnc1SCC(=O)N[C@@H](C)c1ccc(F)cc1. The molecule has 2 aromatic rings. The number of nitrogens with zero attached hydrogens (tertiary/aromatic N) is 2. The van der Waals surface area contributed by atoms with Gasteiger partial charge in [-0.25, -0.2) is 9.37 Å². The average Bonchev–Trinajstić information content (AvgIpc) is 2.93. The summed E-state index contributed by atoms with van der Waals surface area (Å²) in [6, 6.07) is 5.99. The van der Waals surface area contributed by atoms with Gasteiger partial charge >= 0.3 is 0 Å². The summed E-state index contributed by atoms with van der Waals surface area (Å²) in [7, 11) is 0. The second-order valence-electron chi connectivity index (χ2n) is 4.63. The molecule has 1 amide bonds. The van der Waals surface area contributed by atoms with E-state index in [2.05, 4.69) is 10.3 Å². The van der Waals surface area contributed by atoms with Gasteiger partial charge in [-0.15, -0.1) is 0 Å². The summed E-state index contributed by atoms with van der Waals surface area (Å²) >= 11 is 1.41. The molecule has 2 rings (SSSR count).